The van der Waals surface area contributed by atoms with Crippen molar-refractivity contribution in [3.05, 3.63) is 83.4 Å². The molecule has 4 rings (SSSR count). The molecule has 0 radical (unpaired) electrons. The molecule has 0 saturated heterocycles. The van der Waals surface area contributed by atoms with Crippen molar-refractivity contribution in [3.8, 4) is 0 Å². The number of hydrogen-bond donors (Lipinski definition) is 3. The highest BCUT2D eigenvalue weighted by atomic mass is 16.6. The Bertz CT molecular complexity index is 1540. The minimum Gasteiger partial charge on any atom is -0.459 e. The molecule has 0 saturated carbocycles. The second-order valence-electron chi connectivity index (χ2n) is 13.1. The largest absolute Gasteiger partial charge is 0.459 e. The van der Waals surface area contributed by atoms with E-state index in [1.165, 1.54) is 7.05 Å². The monoisotopic (exact) mass is 628 g/mol. The first-order valence-electron chi connectivity index (χ1n) is 15.7. The average Bonchev–Trinajstić information content (AvgIpc) is 3.23. The lowest BCUT2D eigenvalue weighted by atomic mass is 9.99. The van der Waals surface area contributed by atoms with Crippen molar-refractivity contribution >= 4 is 40.4 Å². The van der Waals surface area contributed by atoms with Crippen LogP contribution in [-0.2, 0) is 25.5 Å². The number of hydrogen-bond acceptors (Lipinski definition) is 7. The maximum absolute atomic E-state index is 13.7. The van der Waals surface area contributed by atoms with Gasteiger partial charge in [-0.3, -0.25) is 34.2 Å². The van der Waals surface area contributed by atoms with Crippen LogP contribution in [0.3, 0.4) is 0 Å². The number of rotatable bonds is 13. The smallest absolute Gasteiger partial charge is 0.323 e. The van der Waals surface area contributed by atoms with Crippen LogP contribution < -0.4 is 16.0 Å². The highest BCUT2D eigenvalue weighted by molar-refractivity contribution is 6.23. The third kappa shape index (κ3) is 8.57. The molecule has 0 spiro atoms. The Kier molecular flexibility index (Phi) is 11.0. The molecule has 0 aromatic heterocycles. The van der Waals surface area contributed by atoms with Crippen molar-refractivity contribution in [3.63, 3.8) is 0 Å². The van der Waals surface area contributed by atoms with Gasteiger partial charge in [0.1, 0.15) is 17.7 Å². The number of carbonyl (C=O) groups excluding carboxylic acids is 5. The fraction of sp³-hybridized carbons (Fsp3) is 0.417. The standard InChI is InChI=1S/C36H44N4O6/c1-22(2)18-29(32(42)39-30(31(41)37-6)19-23-12-8-7-9-13-23)38-28(35(45)46-36(3,4)5)16-17-40-33(43)26-20-24-14-10-11-15-25(24)21-27(26)34(40)44/h7-15,20-22,28-30,38H,16-19H2,1-6H3,(H,37,41)(H,39,42)/t28?,29-,30-/m0/s1. The molecule has 1 unspecified atom stereocenters. The Balaban J connectivity index is 1.55. The van der Waals surface area contributed by atoms with E-state index in [1.807, 2.05) is 68.4 Å². The molecule has 3 N–H and O–H groups in total. The number of esters is 1. The number of carbonyl (C=O) groups is 5. The van der Waals surface area contributed by atoms with E-state index in [4.69, 9.17) is 4.74 Å². The van der Waals surface area contributed by atoms with Gasteiger partial charge in [0.25, 0.3) is 11.8 Å². The summed E-state index contributed by atoms with van der Waals surface area (Å²) in [5, 5.41) is 10.4. The fourth-order valence-corrected chi connectivity index (χ4v) is 5.55. The normalized spacial score (nSPS) is 15.0. The third-order valence-corrected chi connectivity index (χ3v) is 7.76. The number of benzene rings is 3. The fourth-order valence-electron chi connectivity index (χ4n) is 5.55. The van der Waals surface area contributed by atoms with Crippen LogP contribution in [0.4, 0.5) is 0 Å². The molecule has 3 atom stereocenters. The van der Waals surface area contributed by atoms with Gasteiger partial charge >= 0.3 is 5.97 Å². The van der Waals surface area contributed by atoms with E-state index in [0.717, 1.165) is 21.2 Å². The van der Waals surface area contributed by atoms with E-state index in [0.29, 0.717) is 17.5 Å². The van der Waals surface area contributed by atoms with Gasteiger partial charge < -0.3 is 15.4 Å². The summed E-state index contributed by atoms with van der Waals surface area (Å²) in [6.45, 7) is 9.07. The van der Waals surface area contributed by atoms with Crippen LogP contribution in [0, 0.1) is 5.92 Å². The Labute approximate surface area is 270 Å². The van der Waals surface area contributed by atoms with Crippen molar-refractivity contribution in [2.24, 2.45) is 5.92 Å². The number of imide groups is 1. The van der Waals surface area contributed by atoms with Crippen molar-refractivity contribution in [1.82, 2.24) is 20.9 Å². The Morgan fingerprint density at radius 2 is 1.37 bits per heavy atom. The summed E-state index contributed by atoms with van der Waals surface area (Å²) in [6, 6.07) is 17.6. The molecule has 244 valence electrons. The number of likely N-dealkylation sites (N-methyl/N-ethyl adjacent to an activating group) is 1. The van der Waals surface area contributed by atoms with Gasteiger partial charge in [-0.2, -0.15) is 0 Å². The molecule has 0 aliphatic carbocycles. The van der Waals surface area contributed by atoms with Crippen LogP contribution in [0.2, 0.25) is 0 Å². The van der Waals surface area contributed by atoms with E-state index < -0.39 is 47.4 Å². The predicted molar refractivity (Wildman–Crippen MR) is 176 cm³/mol. The predicted octanol–water partition coefficient (Wildman–Crippen LogP) is 4.01. The molecule has 4 amide bonds. The Hall–Kier alpha value is -4.57. The van der Waals surface area contributed by atoms with E-state index in [1.54, 1.807) is 32.9 Å². The van der Waals surface area contributed by atoms with Crippen LogP contribution in [-0.4, -0.2) is 71.8 Å². The van der Waals surface area contributed by atoms with Gasteiger partial charge in [0.2, 0.25) is 11.8 Å². The summed E-state index contributed by atoms with van der Waals surface area (Å²) < 4.78 is 5.70. The zero-order valence-corrected chi connectivity index (χ0v) is 27.4. The number of fused-ring (bicyclic) bond motifs is 2. The zero-order valence-electron chi connectivity index (χ0n) is 27.4. The van der Waals surface area contributed by atoms with Crippen LogP contribution in [0.5, 0.6) is 0 Å². The van der Waals surface area contributed by atoms with Gasteiger partial charge in [0.15, 0.2) is 0 Å². The summed E-state index contributed by atoms with van der Waals surface area (Å²) in [5.41, 5.74) is 0.704. The zero-order chi connectivity index (χ0) is 33.6. The molecule has 1 aliphatic rings. The van der Waals surface area contributed by atoms with Crippen LogP contribution in [0.15, 0.2) is 66.7 Å². The van der Waals surface area contributed by atoms with Crippen LogP contribution in [0.1, 0.15) is 73.7 Å². The van der Waals surface area contributed by atoms with Gasteiger partial charge in [0, 0.05) is 20.0 Å². The lowest BCUT2D eigenvalue weighted by Gasteiger charge is -2.30. The van der Waals surface area contributed by atoms with E-state index in [9.17, 15) is 24.0 Å². The maximum atomic E-state index is 13.7. The first kappa shape index (κ1) is 34.3. The van der Waals surface area contributed by atoms with Gasteiger partial charge in [-0.15, -0.1) is 0 Å². The summed E-state index contributed by atoms with van der Waals surface area (Å²) in [5.74, 6) is -2.20. The third-order valence-electron chi connectivity index (χ3n) is 7.76. The van der Waals surface area contributed by atoms with E-state index in [2.05, 4.69) is 16.0 Å². The van der Waals surface area contributed by atoms with E-state index >= 15 is 0 Å². The average molecular weight is 629 g/mol. The number of nitrogens with one attached hydrogen (secondary N) is 3. The van der Waals surface area contributed by atoms with E-state index in [-0.39, 0.29) is 31.2 Å². The highest BCUT2D eigenvalue weighted by Crippen LogP contribution is 2.28. The highest BCUT2D eigenvalue weighted by Gasteiger charge is 2.38. The first-order chi connectivity index (χ1) is 21.8. The summed E-state index contributed by atoms with van der Waals surface area (Å²) in [6.07, 6.45) is 0.659. The first-order valence-corrected chi connectivity index (χ1v) is 15.7. The summed E-state index contributed by atoms with van der Waals surface area (Å²) in [4.78, 5) is 67.9. The molecule has 46 heavy (non-hydrogen) atoms. The number of amides is 4. The van der Waals surface area contributed by atoms with Crippen molar-refractivity contribution in [1.29, 1.82) is 0 Å². The SMILES string of the molecule is CNC(=O)[C@H](Cc1ccccc1)NC(=O)[C@H](CC(C)C)NC(CCN1C(=O)c2cc3ccccc3cc2C1=O)C(=O)OC(C)(C)C. The van der Waals surface area contributed by atoms with Gasteiger partial charge in [0.05, 0.1) is 17.2 Å². The summed E-state index contributed by atoms with van der Waals surface area (Å²) >= 11 is 0. The molecule has 3 aromatic rings. The molecule has 3 aromatic carbocycles. The second-order valence-corrected chi connectivity index (χ2v) is 13.1. The van der Waals surface area contributed by atoms with Crippen molar-refractivity contribution in [2.75, 3.05) is 13.6 Å². The maximum Gasteiger partial charge on any atom is 0.323 e. The Morgan fingerprint density at radius 3 is 1.89 bits per heavy atom. The topological polar surface area (TPSA) is 134 Å². The molecule has 0 bridgehead atoms. The molecular formula is C36H44N4O6. The Morgan fingerprint density at radius 1 is 0.804 bits per heavy atom. The van der Waals surface area contributed by atoms with Crippen molar-refractivity contribution < 1.29 is 28.7 Å². The van der Waals surface area contributed by atoms with Gasteiger partial charge in [-0.1, -0.05) is 68.4 Å². The number of ether oxygens (including phenoxy) is 1. The molecule has 1 heterocycles. The van der Waals surface area contributed by atoms with Crippen LogP contribution >= 0.6 is 0 Å². The lowest BCUT2D eigenvalue weighted by molar-refractivity contribution is -0.158. The lowest BCUT2D eigenvalue weighted by Crippen LogP contribution is -2.57. The minimum absolute atomic E-state index is 0.0185. The van der Waals surface area contributed by atoms with Crippen LogP contribution in [0.25, 0.3) is 10.8 Å². The number of nitrogens with zero attached hydrogens (tertiary/aromatic N) is 1. The van der Waals surface area contributed by atoms with Crippen molar-refractivity contribution in [2.45, 2.75) is 77.6 Å². The quantitative estimate of drug-likeness (QED) is 0.192. The molecule has 10 heteroatoms. The molecule has 10 nitrogen and oxygen atoms in total. The second kappa shape index (κ2) is 14.7. The summed E-state index contributed by atoms with van der Waals surface area (Å²) in [7, 11) is 1.51. The molecular weight excluding hydrogens is 584 g/mol. The minimum atomic E-state index is -1.02. The molecule has 1 aliphatic heterocycles. The van der Waals surface area contributed by atoms with Gasteiger partial charge in [-0.25, -0.2) is 0 Å². The molecule has 0 fully saturated rings. The van der Waals surface area contributed by atoms with Gasteiger partial charge in [-0.05, 0) is 68.0 Å².